The van der Waals surface area contributed by atoms with E-state index in [1.807, 2.05) is 67.1 Å². The van der Waals surface area contributed by atoms with Gasteiger partial charge in [-0.05, 0) is 56.0 Å². The highest BCUT2D eigenvalue weighted by molar-refractivity contribution is 5.43. The van der Waals surface area contributed by atoms with E-state index in [4.69, 9.17) is 9.84 Å². The van der Waals surface area contributed by atoms with Crippen molar-refractivity contribution in [3.8, 4) is 17.3 Å². The van der Waals surface area contributed by atoms with Crippen LogP contribution >= 0.6 is 0 Å². The van der Waals surface area contributed by atoms with Crippen molar-refractivity contribution in [2.75, 3.05) is 13.1 Å². The van der Waals surface area contributed by atoms with Crippen LogP contribution < -0.4 is 4.74 Å². The molecular formula is C26H35N3O2. The Morgan fingerprint density at radius 2 is 1.77 bits per heavy atom. The highest BCUT2D eigenvalue weighted by Crippen LogP contribution is 2.32. The molecule has 0 aliphatic rings. The average Bonchev–Trinajstić information content (AvgIpc) is 3.03. The van der Waals surface area contributed by atoms with Crippen molar-refractivity contribution in [3.63, 3.8) is 0 Å². The van der Waals surface area contributed by atoms with E-state index in [1.54, 1.807) is 0 Å². The summed E-state index contributed by atoms with van der Waals surface area (Å²) >= 11 is 0. The quantitative estimate of drug-likeness (QED) is 0.469. The number of hydrogen-bond acceptors (Lipinski definition) is 4. The first kappa shape index (κ1) is 23.0. The van der Waals surface area contributed by atoms with Crippen LogP contribution in [0.25, 0.3) is 5.69 Å². The van der Waals surface area contributed by atoms with Crippen LogP contribution in [0.1, 0.15) is 44.0 Å². The van der Waals surface area contributed by atoms with E-state index in [9.17, 15) is 5.11 Å². The van der Waals surface area contributed by atoms with Gasteiger partial charge in [0.2, 0.25) is 5.88 Å². The molecule has 0 aliphatic heterocycles. The average molecular weight is 422 g/mol. The molecule has 166 valence electrons. The van der Waals surface area contributed by atoms with Crippen molar-refractivity contribution in [2.45, 2.75) is 53.7 Å². The van der Waals surface area contributed by atoms with Crippen LogP contribution in [0.2, 0.25) is 0 Å². The maximum atomic E-state index is 10.3. The number of nitrogens with zero attached hydrogens (tertiary/aromatic N) is 3. The molecule has 0 saturated carbocycles. The van der Waals surface area contributed by atoms with E-state index < -0.39 is 0 Å². The first-order chi connectivity index (χ1) is 14.9. The summed E-state index contributed by atoms with van der Waals surface area (Å²) in [6.45, 7) is 12.7. The number of aliphatic hydroxyl groups excluding tert-OH is 1. The summed E-state index contributed by atoms with van der Waals surface area (Å²) in [4.78, 5) is 2.31. The number of aliphatic hydroxyl groups is 1. The first-order valence-electron chi connectivity index (χ1n) is 11.2. The smallest absolute Gasteiger partial charge is 0.227 e. The SMILES string of the molecule is CC[C@@H](O)CN(Cc1c(C)nn(-c2ccccc2)c1Oc1cccc(C)c1)CC(C)C. The molecular weight excluding hydrogens is 386 g/mol. The van der Waals surface area contributed by atoms with Gasteiger partial charge in [0.25, 0.3) is 0 Å². The Hall–Kier alpha value is -2.63. The molecule has 1 heterocycles. The summed E-state index contributed by atoms with van der Waals surface area (Å²) in [5, 5.41) is 15.1. The Morgan fingerprint density at radius 1 is 1.03 bits per heavy atom. The monoisotopic (exact) mass is 421 g/mol. The maximum Gasteiger partial charge on any atom is 0.227 e. The summed E-state index contributed by atoms with van der Waals surface area (Å²) in [5.74, 6) is 2.02. The minimum absolute atomic E-state index is 0.343. The van der Waals surface area contributed by atoms with Crippen molar-refractivity contribution in [1.82, 2.24) is 14.7 Å². The predicted molar refractivity (Wildman–Crippen MR) is 126 cm³/mol. The molecule has 1 aromatic heterocycles. The van der Waals surface area contributed by atoms with Gasteiger partial charge in [0.15, 0.2) is 0 Å². The van der Waals surface area contributed by atoms with Crippen LogP contribution in [0, 0.1) is 19.8 Å². The summed E-state index contributed by atoms with van der Waals surface area (Å²) in [7, 11) is 0. The van der Waals surface area contributed by atoms with Crippen LogP contribution in [0.15, 0.2) is 54.6 Å². The van der Waals surface area contributed by atoms with E-state index in [0.717, 1.165) is 47.1 Å². The van der Waals surface area contributed by atoms with Crippen LogP contribution in [0.5, 0.6) is 11.6 Å². The number of benzene rings is 2. The lowest BCUT2D eigenvalue weighted by molar-refractivity contribution is 0.0980. The highest BCUT2D eigenvalue weighted by Gasteiger charge is 2.22. The second kappa shape index (κ2) is 10.6. The van der Waals surface area contributed by atoms with Crippen molar-refractivity contribution in [2.24, 2.45) is 5.92 Å². The van der Waals surface area contributed by atoms with Crippen LogP contribution in [0.4, 0.5) is 0 Å². The molecule has 0 radical (unpaired) electrons. The molecule has 3 rings (SSSR count). The van der Waals surface area contributed by atoms with Crippen LogP contribution in [-0.2, 0) is 6.54 Å². The normalized spacial score (nSPS) is 12.5. The van der Waals surface area contributed by atoms with Gasteiger partial charge in [-0.15, -0.1) is 0 Å². The summed E-state index contributed by atoms with van der Waals surface area (Å²) < 4.78 is 8.33. The number of hydrogen-bond donors (Lipinski definition) is 1. The molecule has 3 aromatic rings. The Morgan fingerprint density at radius 3 is 2.42 bits per heavy atom. The fourth-order valence-corrected chi connectivity index (χ4v) is 3.73. The van der Waals surface area contributed by atoms with E-state index >= 15 is 0 Å². The lowest BCUT2D eigenvalue weighted by Crippen LogP contribution is -2.34. The Balaban J connectivity index is 2.02. The summed E-state index contributed by atoms with van der Waals surface area (Å²) in [5.41, 5.74) is 4.10. The number of aromatic nitrogens is 2. The zero-order chi connectivity index (χ0) is 22.4. The van der Waals surface area contributed by atoms with Crippen molar-refractivity contribution < 1.29 is 9.84 Å². The fourth-order valence-electron chi connectivity index (χ4n) is 3.73. The molecule has 1 N–H and O–H groups in total. The van der Waals surface area contributed by atoms with Gasteiger partial charge in [0.05, 0.1) is 23.0 Å². The molecule has 0 aliphatic carbocycles. The van der Waals surface area contributed by atoms with Crippen molar-refractivity contribution in [3.05, 3.63) is 71.4 Å². The van der Waals surface area contributed by atoms with Gasteiger partial charge in [-0.1, -0.05) is 51.1 Å². The van der Waals surface area contributed by atoms with E-state index in [0.29, 0.717) is 19.0 Å². The molecule has 5 heteroatoms. The molecule has 0 unspecified atom stereocenters. The van der Waals surface area contributed by atoms with Gasteiger partial charge in [-0.2, -0.15) is 5.10 Å². The molecule has 5 nitrogen and oxygen atoms in total. The summed E-state index contributed by atoms with van der Waals surface area (Å²) in [6, 6.07) is 18.1. The third-order valence-electron chi connectivity index (χ3n) is 5.29. The van der Waals surface area contributed by atoms with Crippen LogP contribution in [0.3, 0.4) is 0 Å². The molecule has 0 saturated heterocycles. The number of aryl methyl sites for hydroxylation is 2. The van der Waals surface area contributed by atoms with Crippen LogP contribution in [-0.4, -0.2) is 39.0 Å². The fraction of sp³-hybridized carbons (Fsp3) is 0.423. The van der Waals surface area contributed by atoms with Gasteiger partial charge < -0.3 is 9.84 Å². The van der Waals surface area contributed by atoms with Gasteiger partial charge in [-0.3, -0.25) is 4.90 Å². The second-order valence-electron chi connectivity index (χ2n) is 8.69. The van der Waals surface area contributed by atoms with Gasteiger partial charge >= 0.3 is 0 Å². The van der Waals surface area contributed by atoms with Gasteiger partial charge in [0, 0.05) is 19.6 Å². The third kappa shape index (κ3) is 6.18. The highest BCUT2D eigenvalue weighted by atomic mass is 16.5. The summed E-state index contributed by atoms with van der Waals surface area (Å²) in [6.07, 6.45) is 0.396. The second-order valence-corrected chi connectivity index (χ2v) is 8.69. The van der Waals surface area contributed by atoms with E-state index in [-0.39, 0.29) is 6.10 Å². The Bertz CT molecular complexity index is 966. The zero-order valence-electron chi connectivity index (χ0n) is 19.4. The Labute approximate surface area is 186 Å². The molecule has 31 heavy (non-hydrogen) atoms. The lowest BCUT2D eigenvalue weighted by Gasteiger charge is -2.26. The van der Waals surface area contributed by atoms with Gasteiger partial charge in [-0.25, -0.2) is 4.68 Å². The number of rotatable bonds is 10. The minimum Gasteiger partial charge on any atom is -0.439 e. The van der Waals surface area contributed by atoms with Crippen molar-refractivity contribution >= 4 is 0 Å². The largest absolute Gasteiger partial charge is 0.439 e. The van der Waals surface area contributed by atoms with Gasteiger partial charge in [0.1, 0.15) is 5.75 Å². The maximum absolute atomic E-state index is 10.3. The number of para-hydroxylation sites is 1. The standard InChI is InChI=1S/C26H35N3O2/c1-6-23(30)17-28(16-19(2)3)18-25-21(5)27-29(22-12-8-7-9-13-22)26(25)31-24-14-10-11-20(4)15-24/h7-15,19,23,30H,6,16-18H2,1-5H3/t23-/m1/s1. The predicted octanol–water partition coefficient (Wildman–Crippen LogP) is 5.51. The molecule has 2 aromatic carbocycles. The lowest BCUT2D eigenvalue weighted by atomic mass is 10.1. The molecule has 0 fully saturated rings. The molecule has 0 spiro atoms. The minimum atomic E-state index is -0.343. The molecule has 0 amide bonds. The third-order valence-corrected chi connectivity index (χ3v) is 5.29. The zero-order valence-corrected chi connectivity index (χ0v) is 19.4. The first-order valence-corrected chi connectivity index (χ1v) is 11.2. The molecule has 0 bridgehead atoms. The Kier molecular flexibility index (Phi) is 7.88. The molecule has 1 atom stereocenters. The van der Waals surface area contributed by atoms with E-state index in [1.165, 1.54) is 0 Å². The van der Waals surface area contributed by atoms with Crippen molar-refractivity contribution in [1.29, 1.82) is 0 Å². The van der Waals surface area contributed by atoms with E-state index in [2.05, 4.69) is 31.7 Å². The topological polar surface area (TPSA) is 50.5 Å². The number of ether oxygens (including phenoxy) is 1.